The lowest BCUT2D eigenvalue weighted by molar-refractivity contribution is 0.102. The zero-order chi connectivity index (χ0) is 19.4. The maximum absolute atomic E-state index is 12.6. The van der Waals surface area contributed by atoms with Gasteiger partial charge >= 0.3 is 0 Å². The van der Waals surface area contributed by atoms with Crippen LogP contribution in [0.4, 0.5) is 17.3 Å². The van der Waals surface area contributed by atoms with Gasteiger partial charge in [-0.15, -0.1) is 0 Å². The van der Waals surface area contributed by atoms with E-state index in [-0.39, 0.29) is 11.6 Å². The smallest absolute Gasteiger partial charge is 0.274 e. The van der Waals surface area contributed by atoms with Crippen molar-refractivity contribution in [1.29, 1.82) is 0 Å². The van der Waals surface area contributed by atoms with Crippen molar-refractivity contribution in [3.8, 4) is 5.75 Å². The second-order valence-corrected chi connectivity index (χ2v) is 6.42. The maximum Gasteiger partial charge on any atom is 0.274 e. The van der Waals surface area contributed by atoms with E-state index in [1.807, 2.05) is 26.0 Å². The van der Waals surface area contributed by atoms with E-state index in [9.17, 15) is 4.79 Å². The van der Waals surface area contributed by atoms with Gasteiger partial charge in [0.2, 0.25) is 5.95 Å². The normalized spacial score (nSPS) is 10.4. The van der Waals surface area contributed by atoms with Crippen molar-refractivity contribution in [1.82, 2.24) is 9.97 Å². The van der Waals surface area contributed by atoms with Crippen molar-refractivity contribution in [3.05, 3.63) is 70.5 Å². The number of nitrogens with zero attached hydrogens (tertiary/aromatic N) is 2. The number of halogens is 1. The largest absolute Gasteiger partial charge is 0.497 e. The molecule has 27 heavy (non-hydrogen) atoms. The molecule has 0 saturated carbocycles. The number of anilines is 3. The van der Waals surface area contributed by atoms with Crippen molar-refractivity contribution in [2.24, 2.45) is 0 Å². The molecule has 6 nitrogen and oxygen atoms in total. The summed E-state index contributed by atoms with van der Waals surface area (Å²) in [5.41, 5.74) is 3.34. The highest BCUT2D eigenvalue weighted by Crippen LogP contribution is 2.23. The first-order valence-electron chi connectivity index (χ1n) is 8.29. The summed E-state index contributed by atoms with van der Waals surface area (Å²) < 4.78 is 5.17. The Bertz CT molecular complexity index is 991. The van der Waals surface area contributed by atoms with Crippen molar-refractivity contribution < 1.29 is 9.53 Å². The maximum atomic E-state index is 12.6. The first kappa shape index (κ1) is 18.7. The van der Waals surface area contributed by atoms with Crippen molar-refractivity contribution >= 4 is 34.8 Å². The monoisotopic (exact) mass is 382 g/mol. The molecule has 0 aliphatic rings. The number of hydrogen-bond donors (Lipinski definition) is 2. The van der Waals surface area contributed by atoms with Gasteiger partial charge in [-0.1, -0.05) is 17.7 Å². The summed E-state index contributed by atoms with van der Waals surface area (Å²) in [5.74, 6) is 0.674. The molecule has 3 rings (SSSR count). The number of benzene rings is 2. The summed E-state index contributed by atoms with van der Waals surface area (Å²) in [6.07, 6.45) is 0. The fourth-order valence-corrected chi connectivity index (χ4v) is 2.75. The number of aromatic nitrogens is 2. The molecule has 0 aliphatic carbocycles. The zero-order valence-electron chi connectivity index (χ0n) is 15.2. The SMILES string of the molecule is COc1cccc(NC(=O)c2cc(C)nc(Nc3ccc(Cl)cc3C)n2)c1. The van der Waals surface area contributed by atoms with E-state index in [2.05, 4.69) is 20.6 Å². The highest BCUT2D eigenvalue weighted by molar-refractivity contribution is 6.30. The van der Waals surface area contributed by atoms with E-state index in [0.717, 1.165) is 11.3 Å². The van der Waals surface area contributed by atoms with Gasteiger partial charge < -0.3 is 15.4 Å². The Morgan fingerprint density at radius 1 is 1.07 bits per heavy atom. The average Bonchev–Trinajstić information content (AvgIpc) is 2.64. The Morgan fingerprint density at radius 2 is 1.89 bits per heavy atom. The summed E-state index contributed by atoms with van der Waals surface area (Å²) >= 11 is 5.99. The molecule has 0 unspecified atom stereocenters. The van der Waals surface area contributed by atoms with Crippen LogP contribution in [0.15, 0.2) is 48.5 Å². The minimum atomic E-state index is -0.329. The van der Waals surface area contributed by atoms with E-state index in [1.54, 1.807) is 43.5 Å². The van der Waals surface area contributed by atoms with E-state index in [1.165, 1.54) is 0 Å². The van der Waals surface area contributed by atoms with Crippen LogP contribution in [0.25, 0.3) is 0 Å². The number of methoxy groups -OCH3 is 1. The first-order chi connectivity index (χ1) is 12.9. The van der Waals surface area contributed by atoms with Crippen LogP contribution in [0, 0.1) is 13.8 Å². The van der Waals surface area contributed by atoms with Gasteiger partial charge in [0.05, 0.1) is 7.11 Å². The molecule has 1 heterocycles. The number of amides is 1. The van der Waals surface area contributed by atoms with Gasteiger partial charge in [-0.2, -0.15) is 0 Å². The van der Waals surface area contributed by atoms with Crippen LogP contribution in [0.5, 0.6) is 5.75 Å². The molecule has 138 valence electrons. The van der Waals surface area contributed by atoms with Crippen LogP contribution < -0.4 is 15.4 Å². The summed E-state index contributed by atoms with van der Waals surface area (Å²) in [4.78, 5) is 21.3. The molecule has 0 saturated heterocycles. The van der Waals surface area contributed by atoms with Crippen molar-refractivity contribution in [3.63, 3.8) is 0 Å². The Hall–Kier alpha value is -3.12. The lowest BCUT2D eigenvalue weighted by Gasteiger charge is -2.11. The third-order valence-corrected chi connectivity index (χ3v) is 4.08. The summed E-state index contributed by atoms with van der Waals surface area (Å²) in [6.45, 7) is 3.74. The number of ether oxygens (including phenoxy) is 1. The van der Waals surface area contributed by atoms with Gasteiger partial charge in [0.15, 0.2) is 0 Å². The van der Waals surface area contributed by atoms with Gasteiger partial charge in [-0.05, 0) is 55.8 Å². The van der Waals surface area contributed by atoms with Gasteiger partial charge in [0, 0.05) is 28.2 Å². The lowest BCUT2D eigenvalue weighted by atomic mass is 10.2. The Kier molecular flexibility index (Phi) is 5.57. The van der Waals surface area contributed by atoms with Gasteiger partial charge in [0.1, 0.15) is 11.4 Å². The van der Waals surface area contributed by atoms with E-state index >= 15 is 0 Å². The van der Waals surface area contributed by atoms with Crippen LogP contribution >= 0.6 is 11.6 Å². The third kappa shape index (κ3) is 4.74. The second kappa shape index (κ2) is 8.05. The number of hydrogen-bond acceptors (Lipinski definition) is 5. The number of aryl methyl sites for hydroxylation is 2. The zero-order valence-corrected chi connectivity index (χ0v) is 16.0. The molecule has 2 N–H and O–H groups in total. The molecule has 2 aromatic carbocycles. The van der Waals surface area contributed by atoms with Crippen LogP contribution in [0.1, 0.15) is 21.7 Å². The second-order valence-electron chi connectivity index (χ2n) is 5.99. The van der Waals surface area contributed by atoms with Crippen LogP contribution in [-0.4, -0.2) is 23.0 Å². The number of rotatable bonds is 5. The highest BCUT2D eigenvalue weighted by Gasteiger charge is 2.12. The fraction of sp³-hybridized carbons (Fsp3) is 0.150. The van der Waals surface area contributed by atoms with Gasteiger partial charge in [0.25, 0.3) is 5.91 Å². The molecule has 3 aromatic rings. The molecule has 0 atom stereocenters. The lowest BCUT2D eigenvalue weighted by Crippen LogP contribution is -2.15. The summed E-state index contributed by atoms with van der Waals surface area (Å²) in [7, 11) is 1.57. The van der Waals surface area contributed by atoms with Crippen molar-refractivity contribution in [2.45, 2.75) is 13.8 Å². The molecule has 0 fully saturated rings. The molecule has 1 amide bonds. The molecule has 7 heteroatoms. The molecule has 0 aliphatic heterocycles. The number of nitrogens with one attached hydrogen (secondary N) is 2. The third-order valence-electron chi connectivity index (χ3n) is 3.85. The Labute approximate surface area is 162 Å². The quantitative estimate of drug-likeness (QED) is 0.665. The average molecular weight is 383 g/mol. The Morgan fingerprint density at radius 3 is 2.63 bits per heavy atom. The molecular weight excluding hydrogens is 364 g/mol. The molecule has 0 spiro atoms. The van der Waals surface area contributed by atoms with Gasteiger partial charge in [-0.3, -0.25) is 4.79 Å². The standard InChI is InChI=1S/C20H19ClN4O2/c1-12-9-14(21)7-8-17(12)24-20-22-13(2)10-18(25-20)19(26)23-15-5-4-6-16(11-15)27-3/h4-11H,1-3H3,(H,23,26)(H,22,24,25). The fourth-order valence-electron chi connectivity index (χ4n) is 2.52. The molecule has 0 radical (unpaired) electrons. The first-order valence-corrected chi connectivity index (χ1v) is 8.66. The van der Waals surface area contributed by atoms with E-state index in [0.29, 0.717) is 28.1 Å². The Balaban J connectivity index is 1.82. The molecule has 0 bridgehead atoms. The minimum absolute atomic E-state index is 0.263. The number of carbonyl (C=O) groups excluding carboxylic acids is 1. The highest BCUT2D eigenvalue weighted by atomic mass is 35.5. The van der Waals surface area contributed by atoms with Crippen LogP contribution in [0.2, 0.25) is 5.02 Å². The van der Waals surface area contributed by atoms with Gasteiger partial charge in [-0.25, -0.2) is 9.97 Å². The van der Waals surface area contributed by atoms with E-state index in [4.69, 9.17) is 16.3 Å². The topological polar surface area (TPSA) is 76.1 Å². The molecular formula is C20H19ClN4O2. The van der Waals surface area contributed by atoms with Crippen LogP contribution in [-0.2, 0) is 0 Å². The van der Waals surface area contributed by atoms with Crippen molar-refractivity contribution in [2.75, 3.05) is 17.7 Å². The number of carbonyl (C=O) groups is 1. The van der Waals surface area contributed by atoms with E-state index < -0.39 is 0 Å². The predicted octanol–water partition coefficient (Wildman–Crippen LogP) is 4.75. The van der Waals surface area contributed by atoms with Crippen LogP contribution in [0.3, 0.4) is 0 Å². The summed E-state index contributed by atoms with van der Waals surface area (Å²) in [6, 6.07) is 14.2. The summed E-state index contributed by atoms with van der Waals surface area (Å²) in [5, 5.41) is 6.61. The predicted molar refractivity (Wildman–Crippen MR) is 107 cm³/mol. The minimum Gasteiger partial charge on any atom is -0.497 e. The molecule has 1 aromatic heterocycles.